The maximum absolute atomic E-state index is 4.40. The number of hydrogen-bond donors (Lipinski definition) is 0. The van der Waals surface area contributed by atoms with E-state index >= 15 is 0 Å². The Hall–Kier alpha value is -2.01. The third kappa shape index (κ3) is 2.42. The van der Waals surface area contributed by atoms with Crippen molar-refractivity contribution in [2.75, 3.05) is 0 Å². The summed E-state index contributed by atoms with van der Waals surface area (Å²) in [6, 6.07) is 8.00. The number of aryl methyl sites for hydroxylation is 1. The van der Waals surface area contributed by atoms with E-state index in [2.05, 4.69) is 44.0 Å². The molecule has 0 fully saturated rings. The minimum atomic E-state index is 0.869. The van der Waals surface area contributed by atoms with Crippen LogP contribution in [0.4, 0.5) is 0 Å². The zero-order chi connectivity index (χ0) is 13.2. The van der Waals surface area contributed by atoms with Crippen LogP contribution in [0, 0.1) is 6.92 Å². The fourth-order valence-electron chi connectivity index (χ4n) is 1.88. The van der Waals surface area contributed by atoms with Gasteiger partial charge in [0.25, 0.3) is 0 Å². The summed E-state index contributed by atoms with van der Waals surface area (Å²) in [5.74, 6) is 0. The quantitative estimate of drug-likeness (QED) is 0.728. The Bertz CT molecular complexity index is 706. The van der Waals surface area contributed by atoms with Crippen LogP contribution in [0.5, 0.6) is 0 Å². The molecule has 4 nitrogen and oxygen atoms in total. The Morgan fingerprint density at radius 2 is 2.11 bits per heavy atom. The van der Waals surface area contributed by atoms with Gasteiger partial charge in [-0.25, -0.2) is 14.6 Å². The van der Waals surface area contributed by atoms with E-state index in [9.17, 15) is 0 Å². The van der Waals surface area contributed by atoms with E-state index in [0.29, 0.717) is 0 Å². The first-order chi connectivity index (χ1) is 9.24. The summed E-state index contributed by atoms with van der Waals surface area (Å²) in [4.78, 5) is 8.14. The van der Waals surface area contributed by atoms with Crippen LogP contribution in [-0.4, -0.2) is 19.7 Å². The van der Waals surface area contributed by atoms with Gasteiger partial charge < -0.3 is 0 Å². The van der Waals surface area contributed by atoms with Crippen molar-refractivity contribution in [1.82, 2.24) is 19.7 Å². The number of aromatic nitrogens is 4. The minimum absolute atomic E-state index is 0.869. The number of rotatable bonds is 2. The summed E-state index contributed by atoms with van der Waals surface area (Å²) in [5, 5.41) is 4.40. The van der Waals surface area contributed by atoms with Gasteiger partial charge in [-0.1, -0.05) is 22.0 Å². The number of hydrogen-bond acceptors (Lipinski definition) is 3. The predicted molar refractivity (Wildman–Crippen MR) is 77.0 cm³/mol. The Morgan fingerprint density at radius 1 is 1.21 bits per heavy atom. The lowest BCUT2D eigenvalue weighted by Crippen LogP contribution is -1.96. The largest absolute Gasteiger partial charge is 0.245 e. The molecule has 0 aliphatic carbocycles. The van der Waals surface area contributed by atoms with Crippen molar-refractivity contribution in [2.45, 2.75) is 6.92 Å². The molecular formula is C14H11BrN4. The molecule has 2 aromatic heterocycles. The van der Waals surface area contributed by atoms with Crippen molar-refractivity contribution in [3.63, 3.8) is 0 Å². The summed E-state index contributed by atoms with van der Waals surface area (Å²) in [7, 11) is 0. The van der Waals surface area contributed by atoms with Crippen molar-refractivity contribution in [1.29, 1.82) is 0 Å². The predicted octanol–water partition coefficient (Wildman–Crippen LogP) is 3.40. The van der Waals surface area contributed by atoms with Crippen LogP contribution >= 0.6 is 15.9 Å². The molecule has 1 aromatic carbocycles. The van der Waals surface area contributed by atoms with E-state index in [0.717, 1.165) is 21.4 Å². The van der Waals surface area contributed by atoms with Gasteiger partial charge in [0.15, 0.2) is 0 Å². The molecule has 0 saturated heterocycles. The van der Waals surface area contributed by atoms with Gasteiger partial charge in [0, 0.05) is 22.4 Å². The molecule has 3 rings (SSSR count). The summed E-state index contributed by atoms with van der Waals surface area (Å²) >= 11 is 3.48. The topological polar surface area (TPSA) is 43.6 Å². The maximum Gasteiger partial charge on any atom is 0.116 e. The average molecular weight is 315 g/mol. The second kappa shape index (κ2) is 4.93. The summed E-state index contributed by atoms with van der Waals surface area (Å²) < 4.78 is 2.89. The zero-order valence-electron chi connectivity index (χ0n) is 10.3. The third-order valence-corrected chi connectivity index (χ3v) is 3.37. The zero-order valence-corrected chi connectivity index (χ0v) is 11.9. The first kappa shape index (κ1) is 12.0. The van der Waals surface area contributed by atoms with Gasteiger partial charge in [-0.15, -0.1) is 0 Å². The molecule has 5 heteroatoms. The summed E-state index contributed by atoms with van der Waals surface area (Å²) in [6.45, 7) is 2.06. The first-order valence-corrected chi connectivity index (χ1v) is 6.61. The van der Waals surface area contributed by atoms with Crippen LogP contribution in [0.15, 0.2) is 53.7 Å². The van der Waals surface area contributed by atoms with E-state index in [1.807, 2.05) is 35.3 Å². The molecule has 0 aliphatic heterocycles. The molecule has 0 unspecified atom stereocenters. The summed E-state index contributed by atoms with van der Waals surface area (Å²) in [6.07, 6.45) is 7.04. The lowest BCUT2D eigenvalue weighted by Gasteiger charge is -2.05. The SMILES string of the molecule is Cc1ccc(Br)cc1-n1cc(-c2ccncn2)cn1. The number of nitrogens with zero attached hydrogens (tertiary/aromatic N) is 4. The molecule has 0 N–H and O–H groups in total. The normalized spacial score (nSPS) is 10.6. The Morgan fingerprint density at radius 3 is 2.89 bits per heavy atom. The van der Waals surface area contributed by atoms with E-state index in [-0.39, 0.29) is 0 Å². The highest BCUT2D eigenvalue weighted by Gasteiger charge is 2.06. The lowest BCUT2D eigenvalue weighted by atomic mass is 10.2. The molecule has 0 radical (unpaired) electrons. The van der Waals surface area contributed by atoms with Crippen LogP contribution in [-0.2, 0) is 0 Å². The lowest BCUT2D eigenvalue weighted by molar-refractivity contribution is 0.872. The Balaban J connectivity index is 2.04. The van der Waals surface area contributed by atoms with Crippen LogP contribution in [0.25, 0.3) is 16.9 Å². The van der Waals surface area contributed by atoms with Gasteiger partial charge in [0.2, 0.25) is 0 Å². The molecule has 0 amide bonds. The van der Waals surface area contributed by atoms with Crippen LogP contribution in [0.1, 0.15) is 5.56 Å². The van der Waals surface area contributed by atoms with Gasteiger partial charge in [0.05, 0.1) is 17.6 Å². The van der Waals surface area contributed by atoms with E-state index in [1.54, 1.807) is 6.20 Å². The van der Waals surface area contributed by atoms with Gasteiger partial charge in [-0.3, -0.25) is 0 Å². The van der Waals surface area contributed by atoms with E-state index < -0.39 is 0 Å². The highest BCUT2D eigenvalue weighted by Crippen LogP contribution is 2.22. The molecule has 19 heavy (non-hydrogen) atoms. The van der Waals surface area contributed by atoms with Crippen LogP contribution in [0.2, 0.25) is 0 Å². The van der Waals surface area contributed by atoms with E-state index in [4.69, 9.17) is 0 Å². The highest BCUT2D eigenvalue weighted by atomic mass is 79.9. The van der Waals surface area contributed by atoms with Crippen LogP contribution in [0.3, 0.4) is 0 Å². The summed E-state index contributed by atoms with van der Waals surface area (Å²) in [5.41, 5.74) is 4.06. The molecule has 0 aliphatic rings. The minimum Gasteiger partial charge on any atom is -0.245 e. The van der Waals surface area contributed by atoms with Crippen molar-refractivity contribution < 1.29 is 0 Å². The Kier molecular flexibility index (Phi) is 3.13. The molecule has 0 saturated carbocycles. The highest BCUT2D eigenvalue weighted by molar-refractivity contribution is 9.10. The second-order valence-electron chi connectivity index (χ2n) is 4.20. The standard InChI is InChI=1S/C14H11BrN4/c1-10-2-3-12(15)6-14(10)19-8-11(7-18-19)13-4-5-16-9-17-13/h2-9H,1H3. The maximum atomic E-state index is 4.40. The molecule has 0 bridgehead atoms. The smallest absolute Gasteiger partial charge is 0.116 e. The van der Waals surface area contributed by atoms with Crippen molar-refractivity contribution in [3.8, 4) is 16.9 Å². The number of benzene rings is 1. The molecule has 3 aromatic rings. The molecule has 94 valence electrons. The van der Waals surface area contributed by atoms with Crippen molar-refractivity contribution in [2.24, 2.45) is 0 Å². The Labute approximate surface area is 119 Å². The van der Waals surface area contributed by atoms with E-state index in [1.165, 1.54) is 11.9 Å². The first-order valence-electron chi connectivity index (χ1n) is 5.81. The average Bonchev–Trinajstić information content (AvgIpc) is 2.92. The molecule has 0 spiro atoms. The van der Waals surface area contributed by atoms with Gasteiger partial charge in [-0.05, 0) is 30.7 Å². The second-order valence-corrected chi connectivity index (χ2v) is 5.11. The fraction of sp³-hybridized carbons (Fsp3) is 0.0714. The van der Waals surface area contributed by atoms with Crippen molar-refractivity contribution >= 4 is 15.9 Å². The number of halogens is 1. The molecular weight excluding hydrogens is 304 g/mol. The third-order valence-electron chi connectivity index (χ3n) is 2.88. The fourth-order valence-corrected chi connectivity index (χ4v) is 2.23. The van der Waals surface area contributed by atoms with Crippen LogP contribution < -0.4 is 0 Å². The van der Waals surface area contributed by atoms with Gasteiger partial charge in [0.1, 0.15) is 6.33 Å². The molecule has 0 atom stereocenters. The van der Waals surface area contributed by atoms with Gasteiger partial charge in [-0.2, -0.15) is 5.10 Å². The van der Waals surface area contributed by atoms with Crippen molar-refractivity contribution in [3.05, 3.63) is 59.2 Å². The van der Waals surface area contributed by atoms with Gasteiger partial charge >= 0.3 is 0 Å². The molecule has 2 heterocycles. The monoisotopic (exact) mass is 314 g/mol.